The van der Waals surface area contributed by atoms with Gasteiger partial charge in [-0.05, 0) is 17.9 Å². The fourth-order valence-electron chi connectivity index (χ4n) is 1.13. The van der Waals surface area contributed by atoms with Gasteiger partial charge in [0.15, 0.2) is 0 Å². The first kappa shape index (κ1) is 15.7. The van der Waals surface area contributed by atoms with Crippen LogP contribution in [0.5, 0.6) is 0 Å². The molecular weight excluding hydrogens is 216 g/mol. The van der Waals surface area contributed by atoms with Crippen LogP contribution in [-0.2, 0) is 14.9 Å². The maximum absolute atomic E-state index is 9.63. The molecule has 17 heavy (non-hydrogen) atoms. The van der Waals surface area contributed by atoms with Crippen molar-refractivity contribution in [2.24, 2.45) is 0 Å². The standard InChI is InChI=1S/C10H14.C4H8O3/c1-10(2,3)9-7-5-4-6-8-9;1-2-7-3-4(5)6/h4-8H,1-3H3;2-3H2,1H3,(H,5,6). The van der Waals surface area contributed by atoms with Crippen LogP contribution in [0.1, 0.15) is 33.3 Å². The number of rotatable bonds is 3. The highest BCUT2D eigenvalue weighted by Crippen LogP contribution is 2.20. The van der Waals surface area contributed by atoms with Crippen molar-refractivity contribution in [2.45, 2.75) is 33.1 Å². The number of carboxylic acids is 1. The van der Waals surface area contributed by atoms with Crippen molar-refractivity contribution in [1.82, 2.24) is 0 Å². The van der Waals surface area contributed by atoms with E-state index < -0.39 is 5.97 Å². The molecule has 3 heteroatoms. The van der Waals surface area contributed by atoms with Crippen LogP contribution in [-0.4, -0.2) is 24.3 Å². The van der Waals surface area contributed by atoms with Gasteiger partial charge in [-0.15, -0.1) is 0 Å². The average Bonchev–Trinajstić information content (AvgIpc) is 2.27. The Morgan fingerprint density at radius 1 is 1.24 bits per heavy atom. The Labute approximate surface area is 103 Å². The zero-order valence-electron chi connectivity index (χ0n) is 11.1. The van der Waals surface area contributed by atoms with Crippen LogP contribution in [0.2, 0.25) is 0 Å². The average molecular weight is 238 g/mol. The van der Waals surface area contributed by atoms with Crippen LogP contribution < -0.4 is 0 Å². The molecule has 0 bridgehead atoms. The number of hydrogen-bond donors (Lipinski definition) is 1. The van der Waals surface area contributed by atoms with Gasteiger partial charge in [-0.3, -0.25) is 0 Å². The van der Waals surface area contributed by atoms with Gasteiger partial charge in [-0.1, -0.05) is 51.1 Å². The normalized spacial score (nSPS) is 10.4. The molecule has 0 spiro atoms. The van der Waals surface area contributed by atoms with Gasteiger partial charge >= 0.3 is 5.97 Å². The first-order valence-electron chi connectivity index (χ1n) is 5.73. The van der Waals surface area contributed by atoms with Crippen molar-refractivity contribution in [3.8, 4) is 0 Å². The Balaban J connectivity index is 0.000000325. The SMILES string of the molecule is CC(C)(C)c1ccccc1.CCOCC(=O)O. The zero-order chi connectivity index (χ0) is 13.3. The Kier molecular flexibility index (Phi) is 7.22. The van der Waals surface area contributed by atoms with E-state index >= 15 is 0 Å². The van der Waals surface area contributed by atoms with E-state index in [9.17, 15) is 4.79 Å². The summed E-state index contributed by atoms with van der Waals surface area (Å²) in [4.78, 5) is 9.63. The van der Waals surface area contributed by atoms with Crippen LogP contribution in [0.3, 0.4) is 0 Å². The summed E-state index contributed by atoms with van der Waals surface area (Å²) in [6.07, 6.45) is 0. The third-order valence-electron chi connectivity index (χ3n) is 2.07. The van der Waals surface area contributed by atoms with Crippen LogP contribution in [0.4, 0.5) is 0 Å². The molecule has 1 rings (SSSR count). The van der Waals surface area contributed by atoms with Gasteiger partial charge in [0.05, 0.1) is 0 Å². The summed E-state index contributed by atoms with van der Waals surface area (Å²) in [7, 11) is 0. The molecule has 0 aliphatic rings. The Morgan fingerprint density at radius 2 is 1.76 bits per heavy atom. The molecular formula is C14H22O3. The molecule has 0 fully saturated rings. The van der Waals surface area contributed by atoms with Crippen LogP contribution in [0, 0.1) is 0 Å². The Hall–Kier alpha value is -1.35. The monoisotopic (exact) mass is 238 g/mol. The third kappa shape index (κ3) is 8.46. The van der Waals surface area contributed by atoms with E-state index in [1.54, 1.807) is 6.92 Å². The molecule has 0 amide bonds. The summed E-state index contributed by atoms with van der Waals surface area (Å²) >= 11 is 0. The molecule has 0 aromatic heterocycles. The van der Waals surface area contributed by atoms with Gasteiger partial charge in [-0.25, -0.2) is 4.79 Å². The number of benzene rings is 1. The molecule has 0 aliphatic carbocycles. The predicted molar refractivity (Wildman–Crippen MR) is 69.3 cm³/mol. The predicted octanol–water partition coefficient (Wildman–Crippen LogP) is 3.09. The van der Waals surface area contributed by atoms with E-state index in [1.807, 2.05) is 0 Å². The van der Waals surface area contributed by atoms with Crippen molar-refractivity contribution >= 4 is 5.97 Å². The van der Waals surface area contributed by atoms with E-state index in [0.717, 1.165) is 0 Å². The van der Waals surface area contributed by atoms with Gasteiger partial charge in [0.2, 0.25) is 0 Å². The van der Waals surface area contributed by atoms with E-state index in [0.29, 0.717) is 12.0 Å². The van der Waals surface area contributed by atoms with Gasteiger partial charge in [0.1, 0.15) is 6.61 Å². The van der Waals surface area contributed by atoms with Crippen molar-refractivity contribution in [1.29, 1.82) is 0 Å². The second-order valence-electron chi connectivity index (χ2n) is 4.65. The number of ether oxygens (including phenoxy) is 1. The van der Waals surface area contributed by atoms with Crippen molar-refractivity contribution in [3.63, 3.8) is 0 Å². The lowest BCUT2D eigenvalue weighted by Crippen LogP contribution is -2.10. The lowest BCUT2D eigenvalue weighted by molar-refractivity contribution is -0.142. The summed E-state index contributed by atoms with van der Waals surface area (Å²) < 4.78 is 4.50. The van der Waals surface area contributed by atoms with E-state index in [-0.39, 0.29) is 6.61 Å². The third-order valence-corrected chi connectivity index (χ3v) is 2.07. The molecule has 0 radical (unpaired) electrons. The molecule has 0 saturated heterocycles. The molecule has 3 nitrogen and oxygen atoms in total. The van der Waals surface area contributed by atoms with Gasteiger partial charge in [-0.2, -0.15) is 0 Å². The summed E-state index contributed by atoms with van der Waals surface area (Å²) in [6, 6.07) is 10.6. The van der Waals surface area contributed by atoms with E-state index in [4.69, 9.17) is 5.11 Å². The number of aliphatic carboxylic acids is 1. The highest BCUT2D eigenvalue weighted by Gasteiger charge is 2.11. The van der Waals surface area contributed by atoms with E-state index in [1.165, 1.54) is 5.56 Å². The minimum absolute atomic E-state index is 0.184. The summed E-state index contributed by atoms with van der Waals surface area (Å²) in [5, 5.41) is 7.92. The number of carbonyl (C=O) groups is 1. The maximum atomic E-state index is 9.63. The van der Waals surface area contributed by atoms with Crippen LogP contribution >= 0.6 is 0 Å². The first-order chi connectivity index (χ1) is 7.88. The largest absolute Gasteiger partial charge is 0.480 e. The Morgan fingerprint density at radius 3 is 2.00 bits per heavy atom. The molecule has 0 heterocycles. The van der Waals surface area contributed by atoms with Gasteiger partial charge in [0.25, 0.3) is 0 Å². The fraction of sp³-hybridized carbons (Fsp3) is 0.500. The van der Waals surface area contributed by atoms with Gasteiger partial charge < -0.3 is 9.84 Å². The van der Waals surface area contributed by atoms with Crippen molar-refractivity contribution in [3.05, 3.63) is 35.9 Å². The lowest BCUT2D eigenvalue weighted by atomic mass is 9.87. The molecule has 1 aromatic carbocycles. The minimum Gasteiger partial charge on any atom is -0.480 e. The van der Waals surface area contributed by atoms with Gasteiger partial charge in [0, 0.05) is 6.61 Å². The van der Waals surface area contributed by atoms with Crippen LogP contribution in [0.15, 0.2) is 30.3 Å². The summed E-state index contributed by atoms with van der Waals surface area (Å²) in [6.45, 7) is 8.71. The second-order valence-corrected chi connectivity index (χ2v) is 4.65. The quantitative estimate of drug-likeness (QED) is 0.880. The highest BCUT2D eigenvalue weighted by atomic mass is 16.5. The lowest BCUT2D eigenvalue weighted by Gasteiger charge is -2.18. The molecule has 96 valence electrons. The maximum Gasteiger partial charge on any atom is 0.329 e. The molecule has 0 aliphatic heterocycles. The number of carboxylic acid groups (broad SMARTS) is 1. The smallest absolute Gasteiger partial charge is 0.329 e. The highest BCUT2D eigenvalue weighted by molar-refractivity contribution is 5.67. The first-order valence-corrected chi connectivity index (χ1v) is 5.73. The Bertz CT molecular complexity index is 312. The zero-order valence-corrected chi connectivity index (χ0v) is 11.1. The summed E-state index contributed by atoms with van der Waals surface area (Å²) in [5.74, 6) is -0.915. The van der Waals surface area contributed by atoms with Crippen molar-refractivity contribution in [2.75, 3.05) is 13.2 Å². The topological polar surface area (TPSA) is 46.5 Å². The summed E-state index contributed by atoms with van der Waals surface area (Å²) in [5.41, 5.74) is 1.69. The molecule has 1 N–H and O–H groups in total. The van der Waals surface area contributed by atoms with E-state index in [2.05, 4.69) is 55.8 Å². The minimum atomic E-state index is -0.915. The fourth-order valence-corrected chi connectivity index (χ4v) is 1.13. The molecule has 0 atom stereocenters. The number of hydrogen-bond acceptors (Lipinski definition) is 2. The second kappa shape index (κ2) is 7.85. The molecule has 0 unspecified atom stereocenters. The molecule has 0 saturated carbocycles. The molecule has 1 aromatic rings. The van der Waals surface area contributed by atoms with Crippen LogP contribution in [0.25, 0.3) is 0 Å². The van der Waals surface area contributed by atoms with Crippen molar-refractivity contribution < 1.29 is 14.6 Å².